The van der Waals surface area contributed by atoms with Crippen LogP contribution < -0.4 is 4.74 Å². The van der Waals surface area contributed by atoms with Gasteiger partial charge in [0, 0.05) is 24.2 Å². The molecule has 0 spiro atoms. The van der Waals surface area contributed by atoms with E-state index in [1.165, 1.54) is 25.3 Å². The predicted octanol–water partition coefficient (Wildman–Crippen LogP) is 8.05. The minimum atomic E-state index is -4.87. The quantitative estimate of drug-likeness (QED) is 0.154. The minimum absolute atomic E-state index is 0.0998. The van der Waals surface area contributed by atoms with Gasteiger partial charge >= 0.3 is 6.18 Å². The Hall–Kier alpha value is -3.33. The van der Waals surface area contributed by atoms with Crippen molar-refractivity contribution in [3.05, 3.63) is 88.0 Å². The Morgan fingerprint density at radius 3 is 2.49 bits per heavy atom. The monoisotopic (exact) mass is 594 g/mol. The molecular weight excluding hydrogens is 560 g/mol. The average molecular weight is 595 g/mol. The molecule has 1 amide bonds. The third-order valence-corrected chi connectivity index (χ3v) is 7.28. The number of alkyl halides is 3. The number of allylic oxidation sites excluding steroid dienone is 2. The van der Waals surface area contributed by atoms with E-state index in [1.54, 1.807) is 12.1 Å². The van der Waals surface area contributed by atoms with Gasteiger partial charge in [-0.05, 0) is 60.6 Å². The highest BCUT2D eigenvalue weighted by molar-refractivity contribution is 6.31. The third kappa shape index (κ3) is 9.63. The smallest absolute Gasteiger partial charge is 0.431 e. The molecule has 1 N–H and O–H groups in total. The van der Waals surface area contributed by atoms with Crippen LogP contribution in [0.5, 0.6) is 5.75 Å². The Bertz CT molecular complexity index is 1290. The SMILES string of the molecule is C=C(COc1ccccc1Cc1cc(CC(=O)N(C)/C(=C\C(C)=N)C(F)(F)F)c(F)cc1Cl)OCC1CCCCC1. The highest BCUT2D eigenvalue weighted by atomic mass is 35.5. The number of rotatable bonds is 12. The van der Waals surface area contributed by atoms with Crippen molar-refractivity contribution in [2.75, 3.05) is 20.3 Å². The highest BCUT2D eigenvalue weighted by Gasteiger charge is 2.38. The molecule has 1 saturated carbocycles. The summed E-state index contributed by atoms with van der Waals surface area (Å²) < 4.78 is 67.0. The lowest BCUT2D eigenvalue weighted by molar-refractivity contribution is -0.139. The number of amides is 1. The van der Waals surface area contributed by atoms with Gasteiger partial charge in [-0.1, -0.05) is 61.7 Å². The molecule has 0 aliphatic heterocycles. The van der Waals surface area contributed by atoms with Crippen molar-refractivity contribution in [1.82, 2.24) is 4.90 Å². The third-order valence-electron chi connectivity index (χ3n) is 6.93. The molecule has 3 rings (SSSR count). The predicted molar refractivity (Wildman–Crippen MR) is 152 cm³/mol. The minimum Gasteiger partial charge on any atom is -0.495 e. The fraction of sp³-hybridized carbons (Fsp3) is 0.419. The topological polar surface area (TPSA) is 62.6 Å². The maximum atomic E-state index is 14.8. The molecule has 0 radical (unpaired) electrons. The van der Waals surface area contributed by atoms with Gasteiger partial charge in [-0.2, -0.15) is 13.2 Å². The van der Waals surface area contributed by atoms with Crippen molar-refractivity contribution < 1.29 is 31.8 Å². The molecule has 5 nitrogen and oxygen atoms in total. The summed E-state index contributed by atoms with van der Waals surface area (Å²) in [6.07, 6.45) is 1.30. The molecule has 10 heteroatoms. The maximum Gasteiger partial charge on any atom is 0.431 e. The zero-order valence-electron chi connectivity index (χ0n) is 23.3. The second-order valence-electron chi connectivity index (χ2n) is 10.3. The van der Waals surface area contributed by atoms with E-state index < -0.39 is 30.0 Å². The normalized spacial score (nSPS) is 14.5. The average Bonchev–Trinajstić information content (AvgIpc) is 2.92. The van der Waals surface area contributed by atoms with Crippen molar-refractivity contribution >= 4 is 23.2 Å². The molecule has 2 aromatic carbocycles. The summed E-state index contributed by atoms with van der Waals surface area (Å²) in [5.41, 5.74) is -0.572. The lowest BCUT2D eigenvalue weighted by Crippen LogP contribution is -2.35. The molecule has 0 saturated heterocycles. The molecule has 0 atom stereocenters. The number of likely N-dealkylation sites (N-methyl/N-ethyl adjacent to an activating group) is 1. The number of hydrogen-bond donors (Lipinski definition) is 1. The lowest BCUT2D eigenvalue weighted by atomic mass is 9.90. The van der Waals surface area contributed by atoms with Crippen LogP contribution in [-0.4, -0.2) is 43.0 Å². The lowest BCUT2D eigenvalue weighted by Gasteiger charge is -2.23. The van der Waals surface area contributed by atoms with E-state index in [0.717, 1.165) is 38.4 Å². The summed E-state index contributed by atoms with van der Waals surface area (Å²) in [5.74, 6) is -0.199. The molecule has 0 aromatic heterocycles. The number of hydrogen-bond acceptors (Lipinski definition) is 4. The Kier molecular flexibility index (Phi) is 11.4. The van der Waals surface area contributed by atoms with E-state index >= 15 is 0 Å². The molecule has 41 heavy (non-hydrogen) atoms. The Labute approximate surface area is 243 Å². The Morgan fingerprint density at radius 1 is 1.15 bits per heavy atom. The number of benzene rings is 2. The first-order chi connectivity index (χ1) is 19.3. The molecule has 1 aliphatic carbocycles. The molecule has 0 heterocycles. The summed E-state index contributed by atoms with van der Waals surface area (Å²) in [5, 5.41) is 7.48. The number of nitrogens with zero attached hydrogens (tertiary/aromatic N) is 1. The van der Waals surface area contributed by atoms with E-state index in [0.29, 0.717) is 40.6 Å². The van der Waals surface area contributed by atoms with Gasteiger partial charge in [-0.15, -0.1) is 0 Å². The van der Waals surface area contributed by atoms with Gasteiger partial charge in [-0.25, -0.2) is 4.39 Å². The summed E-state index contributed by atoms with van der Waals surface area (Å²) in [4.78, 5) is 13.1. The van der Waals surface area contributed by atoms with Crippen LogP contribution in [0, 0.1) is 17.1 Å². The largest absolute Gasteiger partial charge is 0.495 e. The molecule has 0 unspecified atom stereocenters. The number of halogens is 5. The van der Waals surface area contributed by atoms with E-state index in [1.807, 2.05) is 12.1 Å². The van der Waals surface area contributed by atoms with Crippen LogP contribution in [0.1, 0.15) is 55.7 Å². The second-order valence-corrected chi connectivity index (χ2v) is 10.7. The fourth-order valence-corrected chi connectivity index (χ4v) is 4.91. The van der Waals surface area contributed by atoms with Gasteiger partial charge in [-0.3, -0.25) is 4.79 Å². The standard InChI is InChI=1S/C31H35ClF4N2O3/c1-20(37)13-29(31(34,35)36)38(3)30(39)16-25-15-24(26(32)17-27(25)33)14-23-11-7-8-12-28(23)41-18-21(2)40-19-22-9-5-4-6-10-22/h7-8,11-13,15,17,22,37H,2,4-6,9-10,14,16,18-19H2,1,3H3/b29-13-,37-20?. The zero-order chi connectivity index (χ0) is 30.2. The van der Waals surface area contributed by atoms with Gasteiger partial charge in [0.25, 0.3) is 0 Å². The molecule has 222 valence electrons. The maximum absolute atomic E-state index is 14.8. The summed E-state index contributed by atoms with van der Waals surface area (Å²) in [6, 6.07) is 9.63. The van der Waals surface area contributed by atoms with E-state index in [4.69, 9.17) is 26.5 Å². The van der Waals surface area contributed by atoms with Crippen LogP contribution in [0.4, 0.5) is 17.6 Å². The number of carbonyl (C=O) groups excluding carboxylic acids is 1. The van der Waals surface area contributed by atoms with Crippen LogP contribution in [0.2, 0.25) is 5.02 Å². The van der Waals surface area contributed by atoms with Crippen molar-refractivity contribution in [3.63, 3.8) is 0 Å². The van der Waals surface area contributed by atoms with Gasteiger partial charge in [0.2, 0.25) is 5.91 Å². The van der Waals surface area contributed by atoms with Gasteiger partial charge in [0.05, 0.1) is 13.0 Å². The summed E-state index contributed by atoms with van der Waals surface area (Å²) in [6.45, 7) is 5.89. The first-order valence-corrected chi connectivity index (χ1v) is 13.8. The van der Waals surface area contributed by atoms with Gasteiger partial charge in [0.1, 0.15) is 29.6 Å². The van der Waals surface area contributed by atoms with Gasteiger partial charge < -0.3 is 19.8 Å². The molecular formula is C31H35ClF4N2O3. The molecule has 0 bridgehead atoms. The van der Waals surface area contributed by atoms with E-state index in [-0.39, 0.29) is 29.3 Å². The molecule has 1 aliphatic rings. The van der Waals surface area contributed by atoms with Crippen LogP contribution in [0.25, 0.3) is 0 Å². The number of carbonyl (C=O) groups is 1. The van der Waals surface area contributed by atoms with E-state index in [2.05, 4.69) is 6.58 Å². The molecule has 2 aromatic rings. The first-order valence-electron chi connectivity index (χ1n) is 13.4. The molecule has 1 fully saturated rings. The highest BCUT2D eigenvalue weighted by Crippen LogP contribution is 2.31. The second kappa shape index (κ2) is 14.5. The van der Waals surface area contributed by atoms with Crippen LogP contribution in [0.15, 0.2) is 60.5 Å². The van der Waals surface area contributed by atoms with Crippen molar-refractivity contribution in [3.8, 4) is 5.75 Å². The Morgan fingerprint density at radius 2 is 1.83 bits per heavy atom. The van der Waals surface area contributed by atoms with E-state index in [9.17, 15) is 22.4 Å². The Balaban J connectivity index is 1.71. The summed E-state index contributed by atoms with van der Waals surface area (Å²) >= 11 is 6.32. The van der Waals surface area contributed by atoms with Crippen LogP contribution in [-0.2, 0) is 22.4 Å². The number of para-hydroxylation sites is 1. The zero-order valence-corrected chi connectivity index (χ0v) is 24.0. The van der Waals surface area contributed by atoms with Crippen molar-refractivity contribution in [1.29, 1.82) is 5.41 Å². The van der Waals surface area contributed by atoms with Crippen LogP contribution >= 0.6 is 11.6 Å². The number of nitrogens with one attached hydrogen (secondary N) is 1. The van der Waals surface area contributed by atoms with Gasteiger partial charge in [0.15, 0.2) is 0 Å². The first kappa shape index (κ1) is 32.2. The van der Waals surface area contributed by atoms with Crippen LogP contribution in [0.3, 0.4) is 0 Å². The fourth-order valence-electron chi connectivity index (χ4n) is 4.69. The summed E-state index contributed by atoms with van der Waals surface area (Å²) in [7, 11) is 0.944. The van der Waals surface area contributed by atoms with Crippen molar-refractivity contribution in [2.45, 2.75) is 58.0 Å². The van der Waals surface area contributed by atoms with Crippen molar-refractivity contribution in [2.24, 2.45) is 5.92 Å². The number of ether oxygens (including phenoxy) is 2.